The molecule has 2 N–H and O–H groups in total. The van der Waals surface area contributed by atoms with Crippen molar-refractivity contribution in [1.29, 1.82) is 0 Å². The van der Waals surface area contributed by atoms with Crippen LogP contribution in [0.25, 0.3) is 0 Å². The van der Waals surface area contributed by atoms with Crippen LogP contribution in [0.5, 0.6) is 11.5 Å². The summed E-state index contributed by atoms with van der Waals surface area (Å²) in [4.78, 5) is 6.33. The Kier molecular flexibility index (Phi) is 8.90. The molecule has 28 heavy (non-hydrogen) atoms. The second-order valence-electron chi connectivity index (χ2n) is 6.70. The van der Waals surface area contributed by atoms with Crippen molar-refractivity contribution < 1.29 is 14.6 Å². The van der Waals surface area contributed by atoms with Gasteiger partial charge < -0.3 is 19.9 Å². The molecule has 0 spiro atoms. The summed E-state index contributed by atoms with van der Waals surface area (Å²) in [5, 5.41) is 13.7. The molecule has 6 nitrogen and oxygen atoms in total. The quantitative estimate of drug-likeness (QED) is 0.557. The number of hydrogen-bond donors (Lipinski definition) is 2. The van der Waals surface area contributed by atoms with Gasteiger partial charge in [-0.25, -0.2) is 0 Å². The highest BCUT2D eigenvalue weighted by atomic mass is 32.2. The molecule has 152 valence electrons. The van der Waals surface area contributed by atoms with E-state index in [1.54, 1.807) is 12.4 Å². The average molecular weight is 404 g/mol. The minimum atomic E-state index is -0.475. The third kappa shape index (κ3) is 7.31. The number of β-amino-alcohol motifs (C(OH)–C–C–N with tert-alkyl or cyclic N) is 1. The summed E-state index contributed by atoms with van der Waals surface area (Å²) in [7, 11) is 0. The minimum Gasteiger partial charge on any atom is -0.491 e. The van der Waals surface area contributed by atoms with Gasteiger partial charge in [-0.05, 0) is 18.2 Å². The summed E-state index contributed by atoms with van der Waals surface area (Å²) < 4.78 is 11.5. The van der Waals surface area contributed by atoms with Crippen molar-refractivity contribution >= 4 is 11.8 Å². The van der Waals surface area contributed by atoms with E-state index in [1.165, 1.54) is 0 Å². The zero-order chi connectivity index (χ0) is 19.4. The number of hydrogen-bond acceptors (Lipinski definition) is 7. The first kappa shape index (κ1) is 20.9. The first-order chi connectivity index (χ1) is 13.8. The van der Waals surface area contributed by atoms with Crippen molar-refractivity contribution in [1.82, 2.24) is 15.2 Å². The number of thioether (sulfide) groups is 1. The van der Waals surface area contributed by atoms with Crippen molar-refractivity contribution in [2.75, 3.05) is 50.9 Å². The average Bonchev–Trinajstić information content (AvgIpc) is 2.74. The van der Waals surface area contributed by atoms with Gasteiger partial charge >= 0.3 is 0 Å². The molecule has 1 saturated heterocycles. The van der Waals surface area contributed by atoms with E-state index in [0.717, 1.165) is 48.2 Å². The van der Waals surface area contributed by atoms with E-state index in [-0.39, 0.29) is 0 Å². The second-order valence-corrected chi connectivity index (χ2v) is 7.92. The van der Waals surface area contributed by atoms with Crippen molar-refractivity contribution in [3.63, 3.8) is 0 Å². The first-order valence-electron chi connectivity index (χ1n) is 9.73. The number of aliphatic hydroxyl groups excluding tert-OH is 1. The smallest absolute Gasteiger partial charge is 0.137 e. The van der Waals surface area contributed by atoms with E-state index in [9.17, 15) is 5.11 Å². The van der Waals surface area contributed by atoms with Gasteiger partial charge in [0.25, 0.3) is 0 Å². The largest absolute Gasteiger partial charge is 0.491 e. The normalized spacial score (nSPS) is 15.9. The van der Waals surface area contributed by atoms with Crippen LogP contribution in [0.15, 0.2) is 48.8 Å². The molecule has 7 heteroatoms. The summed E-state index contributed by atoms with van der Waals surface area (Å²) in [6.07, 6.45) is 2.96. The van der Waals surface area contributed by atoms with Gasteiger partial charge in [0.15, 0.2) is 0 Å². The van der Waals surface area contributed by atoms with Gasteiger partial charge in [-0.15, -0.1) is 0 Å². The number of benzene rings is 1. The highest BCUT2D eigenvalue weighted by Crippen LogP contribution is 2.18. The van der Waals surface area contributed by atoms with Crippen LogP contribution in [0.3, 0.4) is 0 Å². The molecule has 0 radical (unpaired) electrons. The number of ether oxygens (including phenoxy) is 2. The highest BCUT2D eigenvalue weighted by Gasteiger charge is 2.15. The molecule has 1 aliphatic rings. The predicted molar refractivity (Wildman–Crippen MR) is 113 cm³/mol. The van der Waals surface area contributed by atoms with Gasteiger partial charge in [-0.1, -0.05) is 18.2 Å². The lowest BCUT2D eigenvalue weighted by molar-refractivity contribution is 0.0711. The maximum Gasteiger partial charge on any atom is 0.137 e. The van der Waals surface area contributed by atoms with Crippen molar-refractivity contribution in [3.8, 4) is 11.5 Å². The molecule has 1 aromatic carbocycles. The lowest BCUT2D eigenvalue weighted by Gasteiger charge is -2.28. The maximum absolute atomic E-state index is 10.3. The lowest BCUT2D eigenvalue weighted by Crippen LogP contribution is -2.40. The SMILES string of the molecule is O[C@@H](COc1ccccc1CNCCOc1cccnc1)CN1CCSCC1. The van der Waals surface area contributed by atoms with Crippen LogP contribution < -0.4 is 14.8 Å². The molecular formula is C21H29N3O3S. The van der Waals surface area contributed by atoms with E-state index >= 15 is 0 Å². The Labute approximate surface area is 171 Å². The number of pyridine rings is 1. The number of aromatic nitrogens is 1. The van der Waals surface area contributed by atoms with E-state index in [4.69, 9.17) is 9.47 Å². The zero-order valence-electron chi connectivity index (χ0n) is 16.1. The predicted octanol–water partition coefficient (Wildman–Crippen LogP) is 2.04. The van der Waals surface area contributed by atoms with E-state index in [1.807, 2.05) is 48.2 Å². The van der Waals surface area contributed by atoms with Crippen LogP contribution in [0.1, 0.15) is 5.56 Å². The van der Waals surface area contributed by atoms with E-state index < -0.39 is 6.10 Å². The van der Waals surface area contributed by atoms with Gasteiger partial charge in [0.1, 0.15) is 30.8 Å². The number of aliphatic hydroxyl groups is 1. The molecule has 0 saturated carbocycles. The van der Waals surface area contributed by atoms with Gasteiger partial charge in [-0.3, -0.25) is 9.88 Å². The fourth-order valence-electron chi connectivity index (χ4n) is 3.01. The van der Waals surface area contributed by atoms with Crippen LogP contribution in [0, 0.1) is 0 Å². The van der Waals surface area contributed by atoms with E-state index in [2.05, 4.69) is 15.2 Å². The Hall–Kier alpha value is -1.80. The standard InChI is InChI=1S/C21H29N3O3S/c25-19(16-24-9-12-28-13-10-24)17-27-21-6-2-1-4-18(21)14-23-8-11-26-20-5-3-7-22-15-20/h1-7,15,19,23,25H,8-14,16-17H2/t19-/m1/s1. The Morgan fingerprint density at radius 2 is 2.00 bits per heavy atom. The molecule has 1 aliphatic heterocycles. The number of para-hydroxylation sites is 1. The molecule has 3 rings (SSSR count). The lowest BCUT2D eigenvalue weighted by atomic mass is 10.2. The highest BCUT2D eigenvalue weighted by molar-refractivity contribution is 7.99. The number of nitrogens with zero attached hydrogens (tertiary/aromatic N) is 2. The maximum atomic E-state index is 10.3. The molecule has 1 fully saturated rings. The molecule has 0 bridgehead atoms. The molecule has 0 aliphatic carbocycles. The summed E-state index contributed by atoms with van der Waals surface area (Å²) >= 11 is 1.97. The summed E-state index contributed by atoms with van der Waals surface area (Å²) in [5.74, 6) is 3.88. The summed E-state index contributed by atoms with van der Waals surface area (Å²) in [5.41, 5.74) is 1.07. The van der Waals surface area contributed by atoms with Crippen LogP contribution in [-0.4, -0.2) is 72.0 Å². The number of rotatable bonds is 11. The molecule has 0 amide bonds. The fraction of sp³-hybridized carbons (Fsp3) is 0.476. The fourth-order valence-corrected chi connectivity index (χ4v) is 3.99. The Bertz CT molecular complexity index is 684. The van der Waals surface area contributed by atoms with Crippen LogP contribution >= 0.6 is 11.8 Å². The van der Waals surface area contributed by atoms with Crippen molar-refractivity contribution in [2.45, 2.75) is 12.6 Å². The Morgan fingerprint density at radius 3 is 2.82 bits per heavy atom. The Balaban J connectivity index is 1.37. The molecule has 0 unspecified atom stereocenters. The molecular weight excluding hydrogens is 374 g/mol. The third-order valence-electron chi connectivity index (χ3n) is 4.47. The zero-order valence-corrected chi connectivity index (χ0v) is 16.9. The van der Waals surface area contributed by atoms with Crippen molar-refractivity contribution in [3.05, 3.63) is 54.4 Å². The monoisotopic (exact) mass is 403 g/mol. The van der Waals surface area contributed by atoms with Gasteiger partial charge in [0.2, 0.25) is 0 Å². The van der Waals surface area contributed by atoms with Gasteiger partial charge in [0.05, 0.1) is 6.20 Å². The minimum absolute atomic E-state index is 0.310. The van der Waals surface area contributed by atoms with Crippen LogP contribution in [-0.2, 0) is 6.54 Å². The van der Waals surface area contributed by atoms with Gasteiger partial charge in [0, 0.05) is 56.0 Å². The second kappa shape index (κ2) is 11.9. The molecule has 2 aromatic rings. The molecule has 1 atom stereocenters. The van der Waals surface area contributed by atoms with E-state index in [0.29, 0.717) is 26.3 Å². The summed E-state index contributed by atoms with van der Waals surface area (Å²) in [6, 6.07) is 11.7. The van der Waals surface area contributed by atoms with Crippen molar-refractivity contribution in [2.24, 2.45) is 0 Å². The molecule has 2 heterocycles. The van der Waals surface area contributed by atoms with Crippen LogP contribution in [0.2, 0.25) is 0 Å². The topological polar surface area (TPSA) is 66.8 Å². The summed E-state index contributed by atoms with van der Waals surface area (Å²) in [6.45, 7) is 5.05. The number of nitrogens with one attached hydrogen (secondary N) is 1. The third-order valence-corrected chi connectivity index (χ3v) is 5.42. The van der Waals surface area contributed by atoms with Crippen LogP contribution in [0.4, 0.5) is 0 Å². The van der Waals surface area contributed by atoms with Gasteiger partial charge in [-0.2, -0.15) is 11.8 Å². The molecule has 1 aromatic heterocycles. The Morgan fingerprint density at radius 1 is 1.14 bits per heavy atom. The first-order valence-corrected chi connectivity index (χ1v) is 10.9.